The lowest BCUT2D eigenvalue weighted by Gasteiger charge is -2.35. The van der Waals surface area contributed by atoms with E-state index in [4.69, 9.17) is 0 Å². The van der Waals surface area contributed by atoms with Gasteiger partial charge in [-0.1, -0.05) is 18.2 Å². The minimum atomic E-state index is -3.49. The predicted molar refractivity (Wildman–Crippen MR) is 106 cm³/mol. The molecule has 0 spiro atoms. The van der Waals surface area contributed by atoms with Crippen molar-refractivity contribution in [1.82, 2.24) is 9.55 Å². The third-order valence-electron chi connectivity index (χ3n) is 5.49. The number of hydrogen-bond acceptors (Lipinski definition) is 5. The number of aryl methyl sites for hydroxylation is 1. The molecule has 7 nitrogen and oxygen atoms in total. The first-order valence-corrected chi connectivity index (χ1v) is 10.9. The Kier molecular flexibility index (Phi) is 4.67. The quantitative estimate of drug-likeness (QED) is 0.796. The van der Waals surface area contributed by atoms with E-state index in [-0.39, 0.29) is 5.56 Å². The first-order chi connectivity index (χ1) is 13.0. The van der Waals surface area contributed by atoms with Crippen LogP contribution >= 0.6 is 0 Å². The van der Waals surface area contributed by atoms with Crippen molar-refractivity contribution in [3.05, 3.63) is 52.6 Å². The molecule has 1 unspecified atom stereocenters. The molecule has 0 amide bonds. The number of sulfonamides is 1. The van der Waals surface area contributed by atoms with Crippen molar-refractivity contribution in [1.29, 1.82) is 0 Å². The molecular weight excluding hydrogens is 364 g/mol. The van der Waals surface area contributed by atoms with E-state index in [1.54, 1.807) is 21.3 Å². The van der Waals surface area contributed by atoms with Crippen molar-refractivity contribution in [2.24, 2.45) is 0 Å². The van der Waals surface area contributed by atoms with Gasteiger partial charge in [-0.2, -0.15) is 0 Å². The number of anilines is 2. The zero-order valence-electron chi connectivity index (χ0n) is 15.4. The van der Waals surface area contributed by atoms with Crippen LogP contribution in [-0.4, -0.2) is 42.9 Å². The Morgan fingerprint density at radius 1 is 1.22 bits per heavy atom. The van der Waals surface area contributed by atoms with Crippen LogP contribution < -0.4 is 14.8 Å². The highest BCUT2D eigenvalue weighted by atomic mass is 32.2. The number of hydrogen-bond donors (Lipinski definition) is 0. The van der Waals surface area contributed by atoms with Crippen molar-refractivity contribution in [3.8, 4) is 0 Å². The number of nitrogens with zero attached hydrogens (tertiary/aromatic N) is 4. The summed E-state index contributed by atoms with van der Waals surface area (Å²) < 4.78 is 29.8. The van der Waals surface area contributed by atoms with Crippen molar-refractivity contribution >= 4 is 21.5 Å². The predicted octanol–water partition coefficient (Wildman–Crippen LogP) is 1.62. The molecule has 0 N–H and O–H groups in total. The minimum absolute atomic E-state index is 0.162. The standard InChI is InChI=1S/C19H24N4O3S/c1-2-21-13-10-20-18(19(21)24)22-11-5-7-16(14-22)27(25,26)23-12-9-15-6-3-4-8-17(15)23/h3-4,6,8,10,13,16H,2,5,7,9,11-12,14H2,1H3. The van der Waals surface area contributed by atoms with E-state index in [1.807, 2.05) is 36.1 Å². The van der Waals surface area contributed by atoms with Gasteiger partial charge in [-0.05, 0) is 37.8 Å². The molecule has 1 aromatic carbocycles. The van der Waals surface area contributed by atoms with E-state index in [9.17, 15) is 13.2 Å². The molecule has 2 aromatic rings. The number of para-hydroxylation sites is 1. The van der Waals surface area contributed by atoms with E-state index in [1.165, 1.54) is 0 Å². The van der Waals surface area contributed by atoms with E-state index >= 15 is 0 Å². The van der Waals surface area contributed by atoms with Crippen LogP contribution in [0.4, 0.5) is 11.5 Å². The van der Waals surface area contributed by atoms with Crippen LogP contribution in [0.25, 0.3) is 0 Å². The van der Waals surface area contributed by atoms with Crippen molar-refractivity contribution in [3.63, 3.8) is 0 Å². The molecule has 0 bridgehead atoms. The monoisotopic (exact) mass is 388 g/mol. The van der Waals surface area contributed by atoms with Crippen molar-refractivity contribution in [2.45, 2.75) is 38.0 Å². The second-order valence-electron chi connectivity index (χ2n) is 7.05. The smallest absolute Gasteiger partial charge is 0.293 e. The van der Waals surface area contributed by atoms with Crippen molar-refractivity contribution in [2.75, 3.05) is 28.8 Å². The van der Waals surface area contributed by atoms with Gasteiger partial charge >= 0.3 is 0 Å². The van der Waals surface area contributed by atoms with Gasteiger partial charge in [0.25, 0.3) is 5.56 Å². The number of piperidine rings is 1. The molecule has 1 atom stereocenters. The molecular formula is C19H24N4O3S. The third-order valence-corrected chi connectivity index (χ3v) is 7.71. The van der Waals surface area contributed by atoms with Gasteiger partial charge in [-0.25, -0.2) is 13.4 Å². The van der Waals surface area contributed by atoms with E-state index < -0.39 is 15.3 Å². The van der Waals surface area contributed by atoms with E-state index in [0.717, 1.165) is 24.1 Å². The summed E-state index contributed by atoms with van der Waals surface area (Å²) in [4.78, 5) is 18.7. The summed E-state index contributed by atoms with van der Waals surface area (Å²) in [5, 5.41) is -0.533. The molecule has 8 heteroatoms. The van der Waals surface area contributed by atoms with Gasteiger partial charge < -0.3 is 9.47 Å². The van der Waals surface area contributed by atoms with Gasteiger partial charge in [0.05, 0.1) is 10.9 Å². The summed E-state index contributed by atoms with van der Waals surface area (Å²) in [6.45, 7) is 3.91. The molecule has 3 heterocycles. The molecule has 4 rings (SSSR count). The molecule has 1 aromatic heterocycles. The van der Waals surface area contributed by atoms with Crippen LogP contribution in [0.5, 0.6) is 0 Å². The summed E-state index contributed by atoms with van der Waals surface area (Å²) in [6.07, 6.45) is 5.33. The van der Waals surface area contributed by atoms with Gasteiger partial charge in [-0.3, -0.25) is 9.10 Å². The van der Waals surface area contributed by atoms with Gasteiger partial charge in [-0.15, -0.1) is 0 Å². The van der Waals surface area contributed by atoms with Gasteiger partial charge in [0.2, 0.25) is 10.0 Å². The lowest BCUT2D eigenvalue weighted by atomic mass is 10.1. The fourth-order valence-electron chi connectivity index (χ4n) is 4.03. The topological polar surface area (TPSA) is 75.5 Å². The molecule has 2 aliphatic rings. The third kappa shape index (κ3) is 3.12. The van der Waals surface area contributed by atoms with Crippen LogP contribution in [0.1, 0.15) is 25.3 Å². The average Bonchev–Trinajstić information content (AvgIpc) is 3.13. The van der Waals surface area contributed by atoms with Crippen LogP contribution in [0.3, 0.4) is 0 Å². The molecule has 1 saturated heterocycles. The molecule has 0 aliphatic carbocycles. The van der Waals surface area contributed by atoms with Gasteiger partial charge in [0.1, 0.15) is 0 Å². The maximum absolute atomic E-state index is 13.3. The van der Waals surface area contributed by atoms with Crippen LogP contribution in [0.2, 0.25) is 0 Å². The first-order valence-electron chi connectivity index (χ1n) is 9.42. The average molecular weight is 388 g/mol. The van der Waals surface area contributed by atoms with Crippen LogP contribution in [0.15, 0.2) is 41.5 Å². The maximum Gasteiger partial charge on any atom is 0.293 e. The molecule has 0 radical (unpaired) electrons. The number of benzene rings is 1. The lowest BCUT2D eigenvalue weighted by Crippen LogP contribution is -2.49. The molecule has 1 fully saturated rings. The summed E-state index contributed by atoms with van der Waals surface area (Å²) >= 11 is 0. The Morgan fingerprint density at radius 2 is 2.04 bits per heavy atom. The normalized spacial score (nSPS) is 20.0. The highest BCUT2D eigenvalue weighted by Gasteiger charge is 2.38. The number of aromatic nitrogens is 2. The second-order valence-corrected chi connectivity index (χ2v) is 9.19. The Balaban J connectivity index is 1.61. The van der Waals surface area contributed by atoms with E-state index in [2.05, 4.69) is 4.98 Å². The largest absolute Gasteiger partial charge is 0.351 e. The lowest BCUT2D eigenvalue weighted by molar-refractivity contribution is 0.525. The SMILES string of the molecule is CCn1ccnc(N2CCCC(S(=O)(=O)N3CCc4ccccc43)C2)c1=O. The van der Waals surface area contributed by atoms with Gasteiger partial charge in [0.15, 0.2) is 5.82 Å². The fraction of sp³-hybridized carbons (Fsp3) is 0.474. The van der Waals surface area contributed by atoms with Crippen LogP contribution in [-0.2, 0) is 23.0 Å². The highest BCUT2D eigenvalue weighted by molar-refractivity contribution is 7.93. The molecule has 144 valence electrons. The molecule has 0 saturated carbocycles. The van der Waals surface area contributed by atoms with Crippen LogP contribution in [0, 0.1) is 0 Å². The molecule has 2 aliphatic heterocycles. The summed E-state index contributed by atoms with van der Waals surface area (Å²) in [5.41, 5.74) is 1.70. The Hall–Kier alpha value is -2.35. The fourth-order valence-corrected chi connectivity index (χ4v) is 6.02. The van der Waals surface area contributed by atoms with Crippen molar-refractivity contribution < 1.29 is 8.42 Å². The number of fused-ring (bicyclic) bond motifs is 1. The van der Waals surface area contributed by atoms with Gasteiger partial charge in [0, 0.05) is 38.6 Å². The summed E-state index contributed by atoms with van der Waals surface area (Å²) in [6, 6.07) is 7.68. The zero-order chi connectivity index (χ0) is 19.0. The minimum Gasteiger partial charge on any atom is -0.351 e. The molecule has 27 heavy (non-hydrogen) atoms. The Morgan fingerprint density at radius 3 is 2.85 bits per heavy atom. The zero-order valence-corrected chi connectivity index (χ0v) is 16.2. The highest BCUT2D eigenvalue weighted by Crippen LogP contribution is 2.33. The first kappa shape index (κ1) is 18.0. The Labute approximate surface area is 159 Å². The second kappa shape index (κ2) is 6.99. The van der Waals surface area contributed by atoms with E-state index in [0.29, 0.717) is 38.4 Å². The Bertz CT molecular complexity index is 1000. The summed E-state index contributed by atoms with van der Waals surface area (Å²) in [5.74, 6) is 0.348. The summed E-state index contributed by atoms with van der Waals surface area (Å²) in [7, 11) is -3.49. The maximum atomic E-state index is 13.3. The number of rotatable bonds is 4.